The number of hydrogen-bond acceptors (Lipinski definition) is 5. The zero-order valence-corrected chi connectivity index (χ0v) is 20.2. The minimum absolute atomic E-state index is 0.370. The van der Waals surface area contributed by atoms with Crippen LogP contribution in [0.5, 0.6) is 5.75 Å². The molecule has 0 fully saturated rings. The molecule has 176 valence electrons. The number of amides is 2. The van der Waals surface area contributed by atoms with Gasteiger partial charge in [0.1, 0.15) is 11.8 Å². The number of rotatable bonds is 8. The molecule has 0 saturated heterocycles. The second kappa shape index (κ2) is 10.7. The summed E-state index contributed by atoms with van der Waals surface area (Å²) in [6.45, 7) is 7.52. The van der Waals surface area contributed by atoms with E-state index in [9.17, 15) is 9.59 Å². The summed E-state index contributed by atoms with van der Waals surface area (Å²) in [5, 5.41) is 2.97. The van der Waals surface area contributed by atoms with Crippen LogP contribution in [0.15, 0.2) is 73.6 Å². The van der Waals surface area contributed by atoms with Crippen molar-refractivity contribution in [1.82, 2.24) is 4.98 Å². The van der Waals surface area contributed by atoms with Crippen molar-refractivity contribution in [2.45, 2.75) is 19.9 Å². The maximum absolute atomic E-state index is 13.7. The highest BCUT2D eigenvalue weighted by molar-refractivity contribution is 6.09. The number of benzene rings is 2. The number of aromatic nitrogens is 1. The van der Waals surface area contributed by atoms with E-state index in [1.807, 2.05) is 57.1 Å². The lowest BCUT2D eigenvalue weighted by molar-refractivity contribution is -0.121. The first kappa shape index (κ1) is 24.5. The van der Waals surface area contributed by atoms with E-state index in [0.717, 1.165) is 16.8 Å². The molecule has 1 unspecified atom stereocenters. The van der Waals surface area contributed by atoms with Gasteiger partial charge in [0, 0.05) is 49.1 Å². The fourth-order valence-electron chi connectivity index (χ4n) is 3.85. The Morgan fingerprint density at radius 1 is 1.09 bits per heavy atom. The quantitative estimate of drug-likeness (QED) is 0.497. The second-order valence-corrected chi connectivity index (χ2v) is 8.14. The van der Waals surface area contributed by atoms with Gasteiger partial charge >= 0.3 is 0 Å². The van der Waals surface area contributed by atoms with Gasteiger partial charge in [-0.2, -0.15) is 0 Å². The molecule has 1 N–H and O–H groups in total. The maximum atomic E-state index is 13.7. The third-order valence-electron chi connectivity index (χ3n) is 5.55. The highest BCUT2D eigenvalue weighted by Gasteiger charge is 2.32. The van der Waals surface area contributed by atoms with E-state index in [4.69, 9.17) is 4.74 Å². The van der Waals surface area contributed by atoms with Crippen molar-refractivity contribution in [3.05, 3.63) is 90.3 Å². The molecule has 3 rings (SSSR count). The van der Waals surface area contributed by atoms with Gasteiger partial charge in [-0.3, -0.25) is 19.5 Å². The molecule has 0 saturated carbocycles. The number of carbonyl (C=O) groups excluding carboxylic acids is 2. The third kappa shape index (κ3) is 5.26. The SMILES string of the molecule is C=CC(=O)N(c1ccc(N(C)C)c(C)c1)C(C(=O)Nc1ccc(OC)cc1C)c1cccnc1. The van der Waals surface area contributed by atoms with Gasteiger partial charge in [-0.05, 0) is 73.5 Å². The van der Waals surface area contributed by atoms with Crippen LogP contribution in [0.3, 0.4) is 0 Å². The molecule has 0 bridgehead atoms. The van der Waals surface area contributed by atoms with Crippen molar-refractivity contribution in [2.75, 3.05) is 36.3 Å². The van der Waals surface area contributed by atoms with E-state index in [0.29, 0.717) is 22.7 Å². The molecule has 0 aliphatic heterocycles. The number of nitrogens with one attached hydrogen (secondary N) is 1. The number of aryl methyl sites for hydroxylation is 2. The number of nitrogens with zero attached hydrogens (tertiary/aromatic N) is 3. The van der Waals surface area contributed by atoms with Crippen molar-refractivity contribution in [2.24, 2.45) is 0 Å². The Morgan fingerprint density at radius 3 is 2.41 bits per heavy atom. The predicted octanol–water partition coefficient (Wildman–Crippen LogP) is 4.67. The molecule has 2 aromatic carbocycles. The normalized spacial score (nSPS) is 11.3. The molecule has 1 heterocycles. The first-order valence-corrected chi connectivity index (χ1v) is 10.9. The summed E-state index contributed by atoms with van der Waals surface area (Å²) >= 11 is 0. The highest BCUT2D eigenvalue weighted by atomic mass is 16.5. The van der Waals surface area contributed by atoms with Crippen LogP contribution in [0, 0.1) is 13.8 Å². The Labute approximate surface area is 200 Å². The van der Waals surface area contributed by atoms with Crippen LogP contribution in [-0.2, 0) is 9.59 Å². The monoisotopic (exact) mass is 458 g/mol. The van der Waals surface area contributed by atoms with Gasteiger partial charge in [0.25, 0.3) is 11.8 Å². The largest absolute Gasteiger partial charge is 0.497 e. The van der Waals surface area contributed by atoms with Gasteiger partial charge in [-0.1, -0.05) is 12.6 Å². The van der Waals surface area contributed by atoms with Crippen LogP contribution in [0.2, 0.25) is 0 Å². The lowest BCUT2D eigenvalue weighted by Gasteiger charge is -2.31. The van der Waals surface area contributed by atoms with Crippen LogP contribution >= 0.6 is 0 Å². The van der Waals surface area contributed by atoms with Crippen LogP contribution in [-0.4, -0.2) is 38.0 Å². The summed E-state index contributed by atoms with van der Waals surface area (Å²) in [6.07, 6.45) is 4.43. The molecular formula is C27H30N4O3. The van der Waals surface area contributed by atoms with Gasteiger partial charge in [0.15, 0.2) is 0 Å². The Bertz CT molecular complexity index is 1190. The van der Waals surface area contributed by atoms with Crippen molar-refractivity contribution in [1.29, 1.82) is 0 Å². The molecule has 1 atom stereocenters. The first-order valence-electron chi connectivity index (χ1n) is 10.9. The predicted molar refractivity (Wildman–Crippen MR) is 137 cm³/mol. The van der Waals surface area contributed by atoms with Crippen molar-refractivity contribution < 1.29 is 14.3 Å². The molecule has 34 heavy (non-hydrogen) atoms. The molecule has 3 aromatic rings. The summed E-state index contributed by atoms with van der Waals surface area (Å²) in [5.41, 5.74) is 4.63. The summed E-state index contributed by atoms with van der Waals surface area (Å²) in [4.78, 5) is 34.5. The fraction of sp³-hybridized carbons (Fsp3) is 0.222. The maximum Gasteiger partial charge on any atom is 0.252 e. The lowest BCUT2D eigenvalue weighted by Crippen LogP contribution is -2.41. The smallest absolute Gasteiger partial charge is 0.252 e. The second-order valence-electron chi connectivity index (χ2n) is 8.14. The average molecular weight is 459 g/mol. The van der Waals surface area contributed by atoms with Gasteiger partial charge in [0.2, 0.25) is 0 Å². The van der Waals surface area contributed by atoms with E-state index in [-0.39, 0.29) is 5.91 Å². The van der Waals surface area contributed by atoms with Gasteiger partial charge in [0.05, 0.1) is 7.11 Å². The molecule has 1 aromatic heterocycles. The first-order chi connectivity index (χ1) is 16.3. The van der Waals surface area contributed by atoms with Crippen molar-refractivity contribution in [3.63, 3.8) is 0 Å². The average Bonchev–Trinajstić information content (AvgIpc) is 2.83. The molecule has 0 aliphatic carbocycles. The van der Waals surface area contributed by atoms with Crippen molar-refractivity contribution >= 4 is 28.9 Å². The van der Waals surface area contributed by atoms with Crippen LogP contribution in [0.1, 0.15) is 22.7 Å². The number of ether oxygens (including phenoxy) is 1. The Kier molecular flexibility index (Phi) is 7.68. The summed E-state index contributed by atoms with van der Waals surface area (Å²) in [5.74, 6) is -0.0718. The summed E-state index contributed by atoms with van der Waals surface area (Å²) in [7, 11) is 5.50. The molecule has 0 spiro atoms. The third-order valence-corrected chi connectivity index (χ3v) is 5.55. The fourth-order valence-corrected chi connectivity index (χ4v) is 3.85. The Hall–Kier alpha value is -4.13. The molecule has 0 radical (unpaired) electrons. The number of methoxy groups -OCH3 is 1. The number of pyridine rings is 1. The molecule has 0 aliphatic rings. The zero-order chi connectivity index (χ0) is 24.8. The Balaban J connectivity index is 2.10. The molecule has 7 heteroatoms. The van der Waals surface area contributed by atoms with Gasteiger partial charge in [-0.25, -0.2) is 0 Å². The number of carbonyl (C=O) groups is 2. The zero-order valence-electron chi connectivity index (χ0n) is 20.2. The van der Waals surface area contributed by atoms with Crippen LogP contribution in [0.25, 0.3) is 0 Å². The summed E-state index contributed by atoms with van der Waals surface area (Å²) < 4.78 is 5.26. The lowest BCUT2D eigenvalue weighted by atomic mass is 10.0. The van der Waals surface area contributed by atoms with E-state index >= 15 is 0 Å². The number of anilines is 3. The number of hydrogen-bond donors (Lipinski definition) is 1. The van der Waals surface area contributed by atoms with E-state index < -0.39 is 11.9 Å². The van der Waals surface area contributed by atoms with Gasteiger partial charge in [-0.15, -0.1) is 0 Å². The topological polar surface area (TPSA) is 74.8 Å². The van der Waals surface area contributed by atoms with Gasteiger partial charge < -0.3 is 15.0 Å². The Morgan fingerprint density at radius 2 is 1.85 bits per heavy atom. The standard InChI is InChI=1S/C27H30N4O3/c1-7-25(32)31(21-10-13-24(30(4)5)19(3)15-21)26(20-9-8-14-28-17-20)27(33)29-23-12-11-22(34-6)16-18(23)2/h7-17,26H,1H2,2-6H3,(H,29,33). The molecule has 2 amide bonds. The highest BCUT2D eigenvalue weighted by Crippen LogP contribution is 2.32. The van der Waals surface area contributed by atoms with E-state index in [1.165, 1.54) is 11.0 Å². The molecular weight excluding hydrogens is 428 g/mol. The van der Waals surface area contributed by atoms with E-state index in [1.54, 1.807) is 43.8 Å². The minimum atomic E-state index is -0.967. The summed E-state index contributed by atoms with van der Waals surface area (Å²) in [6, 6.07) is 13.6. The van der Waals surface area contributed by atoms with E-state index in [2.05, 4.69) is 16.9 Å². The van der Waals surface area contributed by atoms with Crippen LogP contribution < -0.4 is 19.9 Å². The minimum Gasteiger partial charge on any atom is -0.497 e. The molecule has 7 nitrogen and oxygen atoms in total. The van der Waals surface area contributed by atoms with Crippen molar-refractivity contribution in [3.8, 4) is 5.75 Å². The van der Waals surface area contributed by atoms with Crippen LogP contribution in [0.4, 0.5) is 17.1 Å².